The van der Waals surface area contributed by atoms with E-state index in [2.05, 4.69) is 103 Å². The predicted octanol–water partition coefficient (Wildman–Crippen LogP) is 8.13. The van der Waals surface area contributed by atoms with E-state index in [-0.39, 0.29) is 5.43 Å². The van der Waals surface area contributed by atoms with Crippen molar-refractivity contribution in [3.8, 4) is 0 Å². The fourth-order valence-electron chi connectivity index (χ4n) is 5.62. The summed E-state index contributed by atoms with van der Waals surface area (Å²) >= 11 is -1.90. The molecule has 0 saturated carbocycles. The Morgan fingerprint density at radius 1 is 0.733 bits per heavy atom. The average Bonchev–Trinajstić information content (AvgIpc) is 3.21. The van der Waals surface area contributed by atoms with Gasteiger partial charge in [-0.3, -0.25) is 0 Å². The molecule has 0 radical (unpaired) electrons. The van der Waals surface area contributed by atoms with Crippen molar-refractivity contribution in [1.82, 2.24) is 0 Å². The first-order valence-electron chi connectivity index (χ1n) is 11.1. The summed E-state index contributed by atoms with van der Waals surface area (Å²) in [6.07, 6.45) is 2.72. The van der Waals surface area contributed by atoms with E-state index < -0.39 is 20.4 Å². The Hall–Kier alpha value is -1.24. The van der Waals surface area contributed by atoms with E-state index in [9.17, 15) is 0 Å². The maximum absolute atomic E-state index is 2.72. The summed E-state index contributed by atoms with van der Waals surface area (Å²) in [5.74, 6) is 0. The number of hydrogen-bond donors (Lipinski definition) is 0. The molecule has 2 heteroatoms. The molecule has 0 N–H and O–H groups in total. The Morgan fingerprint density at radius 2 is 1.30 bits per heavy atom. The van der Waals surface area contributed by atoms with E-state index >= 15 is 0 Å². The number of rotatable bonds is 3. The number of fused-ring (bicyclic) bond motifs is 1. The first-order valence-corrected chi connectivity index (χ1v) is 20.2. The molecule has 0 aromatic heterocycles. The van der Waals surface area contributed by atoms with Crippen LogP contribution in [0.15, 0.2) is 70.8 Å². The van der Waals surface area contributed by atoms with Crippen LogP contribution in [-0.2, 0) is 20.4 Å². The van der Waals surface area contributed by atoms with Gasteiger partial charge in [0.15, 0.2) is 0 Å². The van der Waals surface area contributed by atoms with Gasteiger partial charge in [-0.15, -0.1) is 0 Å². The zero-order valence-corrected chi connectivity index (χ0v) is 23.2. The van der Waals surface area contributed by atoms with Gasteiger partial charge in [-0.25, -0.2) is 0 Å². The van der Waals surface area contributed by atoms with Gasteiger partial charge in [-0.1, -0.05) is 0 Å². The van der Waals surface area contributed by atoms with Crippen LogP contribution >= 0.6 is 0 Å². The van der Waals surface area contributed by atoms with Crippen molar-refractivity contribution >= 4 is 11.0 Å². The predicted molar refractivity (Wildman–Crippen MR) is 130 cm³/mol. The van der Waals surface area contributed by atoms with Crippen LogP contribution < -0.4 is 0 Å². The van der Waals surface area contributed by atoms with E-state index in [1.807, 2.05) is 0 Å². The van der Waals surface area contributed by atoms with Crippen LogP contribution in [0, 0.1) is 13.8 Å². The molecule has 0 saturated heterocycles. The number of aryl methyl sites for hydroxylation is 2. The summed E-state index contributed by atoms with van der Waals surface area (Å²) in [6, 6.07) is 15.8. The van der Waals surface area contributed by atoms with Crippen LogP contribution in [0.1, 0.15) is 59.1 Å². The topological polar surface area (TPSA) is 0 Å². The molecule has 2 aliphatic rings. The molecule has 30 heavy (non-hydrogen) atoms. The Balaban J connectivity index is 1.98. The summed E-state index contributed by atoms with van der Waals surface area (Å²) in [7, 11) is 0. The van der Waals surface area contributed by atoms with Crippen molar-refractivity contribution in [1.29, 1.82) is 0 Å². The Kier molecular flexibility index (Phi) is 6.12. The summed E-state index contributed by atoms with van der Waals surface area (Å²) < 4.78 is 1.47. The molecule has 0 heterocycles. The summed E-state index contributed by atoms with van der Waals surface area (Å²) in [5, 5.41) is 0. The Labute approximate surface area is 191 Å². The first-order chi connectivity index (χ1) is 14.2. The van der Waals surface area contributed by atoms with Crippen LogP contribution in [-0.4, -0.2) is 5.43 Å². The summed E-state index contributed by atoms with van der Waals surface area (Å²) in [4.78, 5) is 0. The van der Waals surface area contributed by atoms with Crippen LogP contribution in [0.25, 0.3) is 5.57 Å². The van der Waals surface area contributed by atoms with Gasteiger partial charge in [-0.05, 0) is 0 Å². The molecule has 2 aliphatic carbocycles. The molecule has 0 spiro atoms. The third-order valence-corrected chi connectivity index (χ3v) is 27.1. The van der Waals surface area contributed by atoms with Crippen molar-refractivity contribution < 1.29 is 20.4 Å². The quantitative estimate of drug-likeness (QED) is 0.382. The second-order valence-corrected chi connectivity index (χ2v) is 27.4. The van der Waals surface area contributed by atoms with E-state index in [1.54, 1.807) is 33.4 Å². The molecule has 0 nitrogen and oxygen atoms in total. The molecule has 2 aromatic rings. The standard InChI is InChI=1S/C17H15.C9H13.C2H6Si.Zr/c1-12-8-9-13(2)17-15(12)10-11-16(17)14-6-4-3-5-7-14;1-6-5-7(2)9(4)8(6)3;1-3-2;/h3-11H,1-2H3;5H,1-4H3;1-2H3;. The zero-order chi connectivity index (χ0) is 21.7. The SMILES string of the molecule is CC1=C(C)[CH]([Zr]([CH]2C=C(c3ccccc3)c3c(C)ccc(C)c32)=[Si](C)C)C(C)=C1C. The molecule has 0 bridgehead atoms. The van der Waals surface area contributed by atoms with Crippen LogP contribution in [0.4, 0.5) is 0 Å². The van der Waals surface area contributed by atoms with Gasteiger partial charge >= 0.3 is 192 Å². The van der Waals surface area contributed by atoms with Crippen LogP contribution in [0.3, 0.4) is 0 Å². The number of hydrogen-bond acceptors (Lipinski definition) is 0. The fourth-order valence-corrected chi connectivity index (χ4v) is 26.3. The van der Waals surface area contributed by atoms with Crippen molar-refractivity contribution in [2.45, 2.75) is 61.9 Å². The van der Waals surface area contributed by atoms with Gasteiger partial charge in [0.1, 0.15) is 0 Å². The number of allylic oxidation sites excluding steroid dienone is 5. The minimum absolute atomic E-state index is 0.342. The van der Waals surface area contributed by atoms with Gasteiger partial charge < -0.3 is 0 Å². The van der Waals surface area contributed by atoms with Gasteiger partial charge in [0.25, 0.3) is 0 Å². The zero-order valence-electron chi connectivity index (χ0n) is 19.8. The molecule has 0 aliphatic heterocycles. The maximum atomic E-state index is 2.72. The van der Waals surface area contributed by atoms with Crippen molar-refractivity contribution in [3.05, 3.63) is 98.7 Å². The van der Waals surface area contributed by atoms with Crippen LogP contribution in [0.5, 0.6) is 0 Å². The second kappa shape index (κ2) is 8.36. The molecule has 154 valence electrons. The van der Waals surface area contributed by atoms with Gasteiger partial charge in [0.05, 0.1) is 0 Å². The van der Waals surface area contributed by atoms with Crippen molar-refractivity contribution in [3.63, 3.8) is 0 Å². The third kappa shape index (κ3) is 3.45. The minimum atomic E-state index is -1.90. The van der Waals surface area contributed by atoms with Gasteiger partial charge in [0.2, 0.25) is 0 Å². The van der Waals surface area contributed by atoms with E-state index in [4.69, 9.17) is 0 Å². The molecular weight excluding hydrogens is 456 g/mol. The monoisotopic (exact) mass is 488 g/mol. The molecule has 0 amide bonds. The fraction of sp³-hybridized carbons (Fsp3) is 0.357. The number of benzene rings is 2. The van der Waals surface area contributed by atoms with Crippen molar-refractivity contribution in [2.75, 3.05) is 0 Å². The van der Waals surface area contributed by atoms with Gasteiger partial charge in [-0.2, -0.15) is 0 Å². The van der Waals surface area contributed by atoms with E-state index in [0.29, 0.717) is 3.63 Å². The van der Waals surface area contributed by atoms with Gasteiger partial charge in [0, 0.05) is 0 Å². The average molecular weight is 490 g/mol. The van der Waals surface area contributed by atoms with Crippen LogP contribution in [0.2, 0.25) is 16.7 Å². The molecule has 4 rings (SSSR count). The second-order valence-electron chi connectivity index (χ2n) is 9.42. The normalized spacial score (nSPS) is 18.8. The summed E-state index contributed by atoms with van der Waals surface area (Å²) in [6.45, 7) is 19.5. The van der Waals surface area contributed by atoms with E-state index in [1.165, 1.54) is 22.3 Å². The Bertz CT molecular complexity index is 1130. The molecule has 0 fully saturated rings. The van der Waals surface area contributed by atoms with E-state index in [0.717, 1.165) is 3.63 Å². The first kappa shape index (κ1) is 22.0. The Morgan fingerprint density at radius 3 is 1.87 bits per heavy atom. The molecular formula is C28H34SiZr. The molecule has 1 atom stereocenters. The molecule has 1 unspecified atom stereocenters. The summed E-state index contributed by atoms with van der Waals surface area (Å²) in [5.41, 5.74) is 15.2. The van der Waals surface area contributed by atoms with Crippen molar-refractivity contribution in [2.24, 2.45) is 0 Å². The third-order valence-electron chi connectivity index (χ3n) is 7.51. The molecule has 2 aromatic carbocycles.